The number of quaternary nitrogens is 1. The monoisotopic (exact) mass is 286 g/mol. The molecule has 2 rings (SSSR count). The molecule has 0 aromatic heterocycles. The van der Waals surface area contributed by atoms with Gasteiger partial charge in [0.2, 0.25) is 0 Å². The summed E-state index contributed by atoms with van der Waals surface area (Å²) in [6.45, 7) is 4.23. The number of anilines is 1. The van der Waals surface area contributed by atoms with Crippen LogP contribution in [0.25, 0.3) is 0 Å². The number of nitrogens with zero attached hydrogens (tertiary/aromatic N) is 1. The molecular formula is C17H24N3O+. The molecule has 0 bridgehead atoms. The van der Waals surface area contributed by atoms with Crippen molar-refractivity contribution in [2.24, 2.45) is 5.92 Å². The van der Waals surface area contributed by atoms with Crippen molar-refractivity contribution in [3.05, 3.63) is 29.8 Å². The lowest BCUT2D eigenvalue weighted by Gasteiger charge is -2.28. The SMILES string of the molecule is C[C@H]([NH2+][C@H]1CCCC[C@H]1C)C(=O)Nc1cccc(C#N)c1. The van der Waals surface area contributed by atoms with E-state index in [2.05, 4.69) is 23.6 Å². The van der Waals surface area contributed by atoms with E-state index < -0.39 is 0 Å². The zero-order valence-electron chi connectivity index (χ0n) is 12.8. The Bertz CT molecular complexity index is 535. The maximum absolute atomic E-state index is 12.3. The van der Waals surface area contributed by atoms with Crippen LogP contribution in [0.1, 0.15) is 45.1 Å². The van der Waals surface area contributed by atoms with Gasteiger partial charge in [-0.25, -0.2) is 0 Å². The van der Waals surface area contributed by atoms with Crippen LogP contribution in [0.5, 0.6) is 0 Å². The van der Waals surface area contributed by atoms with E-state index in [4.69, 9.17) is 5.26 Å². The highest BCUT2D eigenvalue weighted by molar-refractivity contribution is 5.93. The van der Waals surface area contributed by atoms with Crippen LogP contribution in [0.3, 0.4) is 0 Å². The highest BCUT2D eigenvalue weighted by atomic mass is 16.2. The van der Waals surface area contributed by atoms with E-state index in [1.165, 1.54) is 25.7 Å². The summed E-state index contributed by atoms with van der Waals surface area (Å²) in [7, 11) is 0. The van der Waals surface area contributed by atoms with Crippen LogP contribution in [-0.2, 0) is 4.79 Å². The second kappa shape index (κ2) is 7.24. The highest BCUT2D eigenvalue weighted by Gasteiger charge is 2.28. The fourth-order valence-electron chi connectivity index (χ4n) is 3.01. The fraction of sp³-hybridized carbons (Fsp3) is 0.529. The van der Waals surface area contributed by atoms with Gasteiger partial charge in [-0.15, -0.1) is 0 Å². The molecule has 1 aromatic carbocycles. The van der Waals surface area contributed by atoms with E-state index in [9.17, 15) is 4.79 Å². The minimum atomic E-state index is -0.110. The van der Waals surface area contributed by atoms with Crippen molar-refractivity contribution in [3.8, 4) is 6.07 Å². The second-order valence-corrected chi connectivity index (χ2v) is 6.09. The summed E-state index contributed by atoms with van der Waals surface area (Å²) in [5.74, 6) is 0.679. The number of carbonyl (C=O) groups is 1. The molecule has 0 spiro atoms. The third-order valence-corrected chi connectivity index (χ3v) is 4.39. The molecule has 1 fully saturated rings. The third kappa shape index (κ3) is 4.30. The van der Waals surface area contributed by atoms with Gasteiger partial charge >= 0.3 is 0 Å². The number of nitrogens with two attached hydrogens (primary N) is 1. The molecule has 0 unspecified atom stereocenters. The van der Waals surface area contributed by atoms with Gasteiger partial charge in [-0.2, -0.15) is 5.26 Å². The number of nitrogens with one attached hydrogen (secondary N) is 1. The summed E-state index contributed by atoms with van der Waals surface area (Å²) in [5.41, 5.74) is 1.25. The van der Waals surface area contributed by atoms with Gasteiger partial charge in [0.05, 0.1) is 17.7 Å². The van der Waals surface area contributed by atoms with Gasteiger partial charge in [-0.3, -0.25) is 4.79 Å². The Hall–Kier alpha value is -1.86. The molecule has 1 amide bonds. The van der Waals surface area contributed by atoms with Crippen LogP contribution in [0, 0.1) is 17.2 Å². The number of carbonyl (C=O) groups excluding carboxylic acids is 1. The Morgan fingerprint density at radius 2 is 2.19 bits per heavy atom. The molecule has 1 aromatic rings. The van der Waals surface area contributed by atoms with Crippen molar-refractivity contribution in [1.29, 1.82) is 5.26 Å². The zero-order chi connectivity index (χ0) is 15.2. The van der Waals surface area contributed by atoms with Crippen LogP contribution in [-0.4, -0.2) is 18.0 Å². The molecule has 1 aliphatic carbocycles. The van der Waals surface area contributed by atoms with Crippen molar-refractivity contribution in [2.75, 3.05) is 5.32 Å². The number of benzene rings is 1. The van der Waals surface area contributed by atoms with E-state index in [1.54, 1.807) is 18.2 Å². The van der Waals surface area contributed by atoms with Crippen LogP contribution in [0.4, 0.5) is 5.69 Å². The van der Waals surface area contributed by atoms with E-state index >= 15 is 0 Å². The van der Waals surface area contributed by atoms with E-state index in [1.807, 2.05) is 13.0 Å². The van der Waals surface area contributed by atoms with Crippen molar-refractivity contribution in [1.82, 2.24) is 0 Å². The van der Waals surface area contributed by atoms with Crippen LogP contribution >= 0.6 is 0 Å². The van der Waals surface area contributed by atoms with Gasteiger partial charge in [-0.1, -0.05) is 19.4 Å². The third-order valence-electron chi connectivity index (χ3n) is 4.39. The Kier molecular flexibility index (Phi) is 5.35. The Labute approximate surface area is 126 Å². The summed E-state index contributed by atoms with van der Waals surface area (Å²) in [4.78, 5) is 12.3. The Morgan fingerprint density at radius 1 is 1.43 bits per heavy atom. The predicted molar refractivity (Wildman–Crippen MR) is 82.6 cm³/mol. The summed E-state index contributed by atoms with van der Waals surface area (Å²) in [6, 6.07) is 9.55. The first kappa shape index (κ1) is 15.5. The quantitative estimate of drug-likeness (QED) is 0.889. The predicted octanol–water partition coefficient (Wildman–Crippen LogP) is 2.03. The summed E-state index contributed by atoms with van der Waals surface area (Å²) >= 11 is 0. The first-order valence-electron chi connectivity index (χ1n) is 7.76. The molecule has 4 nitrogen and oxygen atoms in total. The molecule has 0 aliphatic heterocycles. The van der Waals surface area contributed by atoms with Gasteiger partial charge < -0.3 is 10.6 Å². The highest BCUT2D eigenvalue weighted by Crippen LogP contribution is 2.21. The van der Waals surface area contributed by atoms with Crippen LogP contribution in [0.2, 0.25) is 0 Å². The molecular weight excluding hydrogens is 262 g/mol. The molecule has 0 radical (unpaired) electrons. The van der Waals surface area contributed by atoms with E-state index in [-0.39, 0.29) is 11.9 Å². The molecule has 1 saturated carbocycles. The average molecular weight is 286 g/mol. The molecule has 21 heavy (non-hydrogen) atoms. The summed E-state index contributed by atoms with van der Waals surface area (Å²) in [6.07, 6.45) is 5.04. The van der Waals surface area contributed by atoms with Gasteiger partial charge in [0.1, 0.15) is 0 Å². The standard InChI is InChI=1S/C17H23N3O/c1-12-6-3-4-9-16(12)19-13(2)17(21)20-15-8-5-7-14(10-15)11-18/h5,7-8,10,12-13,16,19H,3-4,6,9H2,1-2H3,(H,20,21)/p+1/t12-,13+,16+/m1/s1. The normalized spacial score (nSPS) is 23.1. The second-order valence-electron chi connectivity index (χ2n) is 6.09. The molecule has 1 aliphatic rings. The molecule has 4 heteroatoms. The zero-order valence-corrected chi connectivity index (χ0v) is 12.8. The topological polar surface area (TPSA) is 69.5 Å². The summed E-state index contributed by atoms with van der Waals surface area (Å²) in [5, 5.41) is 14.0. The molecule has 0 heterocycles. The minimum absolute atomic E-state index is 0.00265. The smallest absolute Gasteiger partial charge is 0.282 e. The van der Waals surface area contributed by atoms with Gasteiger partial charge in [-0.05, 0) is 44.4 Å². The number of amides is 1. The Balaban J connectivity index is 1.91. The average Bonchev–Trinajstić information content (AvgIpc) is 2.49. The van der Waals surface area contributed by atoms with E-state index in [0.717, 1.165) is 0 Å². The number of hydrogen-bond acceptors (Lipinski definition) is 2. The lowest BCUT2D eigenvalue weighted by molar-refractivity contribution is -0.714. The molecule has 0 saturated heterocycles. The first-order valence-corrected chi connectivity index (χ1v) is 7.76. The van der Waals surface area contributed by atoms with Gasteiger partial charge in [0.15, 0.2) is 6.04 Å². The number of rotatable bonds is 4. The van der Waals surface area contributed by atoms with Crippen molar-refractivity contribution in [2.45, 2.75) is 51.6 Å². The lowest BCUT2D eigenvalue weighted by Crippen LogP contribution is -2.97. The van der Waals surface area contributed by atoms with Crippen molar-refractivity contribution >= 4 is 11.6 Å². The van der Waals surface area contributed by atoms with Crippen LogP contribution in [0.15, 0.2) is 24.3 Å². The van der Waals surface area contributed by atoms with Crippen molar-refractivity contribution in [3.63, 3.8) is 0 Å². The van der Waals surface area contributed by atoms with Crippen molar-refractivity contribution < 1.29 is 10.1 Å². The van der Waals surface area contributed by atoms with Crippen LogP contribution < -0.4 is 10.6 Å². The fourth-order valence-corrected chi connectivity index (χ4v) is 3.01. The molecule has 112 valence electrons. The molecule has 3 atom stereocenters. The van der Waals surface area contributed by atoms with E-state index in [0.29, 0.717) is 23.2 Å². The largest absolute Gasteiger partial charge is 0.334 e. The minimum Gasteiger partial charge on any atom is -0.334 e. The first-order chi connectivity index (χ1) is 10.1. The van der Waals surface area contributed by atoms with Gasteiger partial charge in [0.25, 0.3) is 5.91 Å². The van der Waals surface area contributed by atoms with Gasteiger partial charge in [0, 0.05) is 11.6 Å². The maximum Gasteiger partial charge on any atom is 0.282 e. The maximum atomic E-state index is 12.3. The Morgan fingerprint density at radius 3 is 2.90 bits per heavy atom. The number of hydrogen-bond donors (Lipinski definition) is 2. The lowest BCUT2D eigenvalue weighted by atomic mass is 9.85. The molecule has 3 N–H and O–H groups in total. The number of nitriles is 1. The summed E-state index contributed by atoms with van der Waals surface area (Å²) < 4.78 is 0.